The van der Waals surface area contributed by atoms with Gasteiger partial charge in [-0.3, -0.25) is 4.68 Å². The lowest BCUT2D eigenvalue weighted by Crippen LogP contribution is -2.26. The van der Waals surface area contributed by atoms with E-state index >= 15 is 0 Å². The van der Waals surface area contributed by atoms with Crippen molar-refractivity contribution in [2.24, 2.45) is 0 Å². The topological polar surface area (TPSA) is 29.9 Å². The summed E-state index contributed by atoms with van der Waals surface area (Å²) in [5, 5.41) is 8.08. The van der Waals surface area contributed by atoms with Gasteiger partial charge in [0.05, 0.1) is 22.4 Å². The third-order valence-electron chi connectivity index (χ3n) is 3.45. The molecule has 1 aromatic heterocycles. The molecule has 1 atom stereocenters. The van der Waals surface area contributed by atoms with Gasteiger partial charge < -0.3 is 5.32 Å². The molecule has 0 aliphatic heterocycles. The Balaban J connectivity index is 2.49. The maximum atomic E-state index is 4.49. The normalized spacial score (nSPS) is 12.6. The predicted octanol–water partition coefficient (Wildman–Crippen LogP) is 4.06. The van der Waals surface area contributed by atoms with Gasteiger partial charge in [0.1, 0.15) is 0 Å². The smallest absolute Gasteiger partial charge is 0.0762 e. The lowest BCUT2D eigenvalue weighted by atomic mass is 9.98. The number of nitrogens with one attached hydrogen (secondary N) is 1. The number of hydrogen-bond acceptors (Lipinski definition) is 2. The molecule has 0 aliphatic carbocycles. The second-order valence-corrected chi connectivity index (χ2v) is 5.80. The fourth-order valence-corrected chi connectivity index (χ4v) is 3.04. The molecule has 0 aliphatic rings. The monoisotopic (exact) mass is 335 g/mol. The van der Waals surface area contributed by atoms with Crippen molar-refractivity contribution < 1.29 is 0 Å². The lowest BCUT2D eigenvalue weighted by Gasteiger charge is -2.22. The second kappa shape index (κ2) is 7.04. The number of halogens is 1. The first-order valence-electron chi connectivity index (χ1n) is 7.19. The van der Waals surface area contributed by atoms with Crippen LogP contribution in [0, 0.1) is 6.92 Å². The Bertz CT molecular complexity index is 563. The summed E-state index contributed by atoms with van der Waals surface area (Å²) in [6, 6.07) is 8.71. The zero-order chi connectivity index (χ0) is 14.5. The number of aryl methyl sites for hydroxylation is 2. The van der Waals surface area contributed by atoms with Gasteiger partial charge in [0.2, 0.25) is 0 Å². The molecule has 3 nitrogen and oxygen atoms in total. The molecular weight excluding hydrogens is 314 g/mol. The maximum absolute atomic E-state index is 4.49. The molecule has 20 heavy (non-hydrogen) atoms. The highest BCUT2D eigenvalue weighted by atomic mass is 79.9. The molecule has 0 saturated carbocycles. The number of hydrogen-bond donors (Lipinski definition) is 1. The van der Waals surface area contributed by atoms with Gasteiger partial charge in [-0.2, -0.15) is 5.10 Å². The molecule has 0 radical (unpaired) electrons. The quantitative estimate of drug-likeness (QED) is 0.862. The molecule has 1 heterocycles. The maximum Gasteiger partial charge on any atom is 0.0762 e. The zero-order valence-corrected chi connectivity index (χ0v) is 13.9. The number of rotatable bonds is 6. The van der Waals surface area contributed by atoms with E-state index in [0.717, 1.165) is 24.0 Å². The molecule has 2 rings (SSSR count). The molecule has 1 unspecified atom stereocenters. The largest absolute Gasteiger partial charge is 0.305 e. The molecule has 2 aromatic rings. The Hall–Kier alpha value is -1.13. The average Bonchev–Trinajstić information content (AvgIpc) is 2.79. The van der Waals surface area contributed by atoms with E-state index in [4.69, 9.17) is 0 Å². The molecule has 0 saturated heterocycles. The van der Waals surface area contributed by atoms with E-state index in [9.17, 15) is 0 Å². The van der Waals surface area contributed by atoms with Crippen molar-refractivity contribution in [3.05, 3.63) is 51.8 Å². The van der Waals surface area contributed by atoms with Crippen molar-refractivity contribution in [3.63, 3.8) is 0 Å². The molecule has 0 fully saturated rings. The van der Waals surface area contributed by atoms with Crippen LogP contribution in [0.2, 0.25) is 0 Å². The van der Waals surface area contributed by atoms with Crippen LogP contribution in [0.25, 0.3) is 0 Å². The number of nitrogens with zero attached hydrogens (tertiary/aromatic N) is 2. The fraction of sp³-hybridized carbons (Fsp3) is 0.438. The van der Waals surface area contributed by atoms with Crippen molar-refractivity contribution in [1.29, 1.82) is 0 Å². The molecular formula is C16H22BrN3. The summed E-state index contributed by atoms with van der Waals surface area (Å²) < 4.78 is 3.17. The summed E-state index contributed by atoms with van der Waals surface area (Å²) in [6.07, 6.45) is 2.97. The van der Waals surface area contributed by atoms with Crippen LogP contribution in [0.15, 0.2) is 34.9 Å². The van der Waals surface area contributed by atoms with Crippen molar-refractivity contribution in [2.75, 3.05) is 6.54 Å². The first-order valence-corrected chi connectivity index (χ1v) is 7.98. The van der Waals surface area contributed by atoms with Gasteiger partial charge in [-0.05, 0) is 46.9 Å². The standard InChI is InChI=1S/C16H22BrN3/c1-4-10-20-16(14(17)11-19-20)15(18-5-2)13-9-7-6-8-12(13)3/h6-9,11,15,18H,4-5,10H2,1-3H3. The predicted molar refractivity (Wildman–Crippen MR) is 86.9 cm³/mol. The summed E-state index contributed by atoms with van der Waals surface area (Å²) in [5.41, 5.74) is 3.82. The second-order valence-electron chi connectivity index (χ2n) is 4.95. The summed E-state index contributed by atoms with van der Waals surface area (Å²) in [7, 11) is 0. The Morgan fingerprint density at radius 2 is 2.05 bits per heavy atom. The van der Waals surface area contributed by atoms with Gasteiger partial charge in [0.15, 0.2) is 0 Å². The Kier molecular flexibility index (Phi) is 5.38. The molecule has 108 valence electrons. The minimum atomic E-state index is 0.171. The van der Waals surface area contributed by atoms with Crippen LogP contribution in [0.3, 0.4) is 0 Å². The van der Waals surface area contributed by atoms with Gasteiger partial charge >= 0.3 is 0 Å². The number of benzene rings is 1. The summed E-state index contributed by atoms with van der Waals surface area (Å²) in [5.74, 6) is 0. The first kappa shape index (κ1) is 15.3. The van der Waals surface area contributed by atoms with Gasteiger partial charge in [-0.1, -0.05) is 38.1 Å². The lowest BCUT2D eigenvalue weighted by molar-refractivity contribution is 0.518. The summed E-state index contributed by atoms with van der Waals surface area (Å²) >= 11 is 3.66. The highest BCUT2D eigenvalue weighted by Crippen LogP contribution is 2.30. The molecule has 0 bridgehead atoms. The molecule has 0 amide bonds. The highest BCUT2D eigenvalue weighted by Gasteiger charge is 2.22. The molecule has 1 aromatic carbocycles. The van der Waals surface area contributed by atoms with Crippen LogP contribution in [-0.2, 0) is 6.54 Å². The van der Waals surface area contributed by atoms with E-state index in [1.165, 1.54) is 16.8 Å². The van der Waals surface area contributed by atoms with Crippen molar-refractivity contribution in [1.82, 2.24) is 15.1 Å². The van der Waals surface area contributed by atoms with E-state index in [0.29, 0.717) is 0 Å². The van der Waals surface area contributed by atoms with Gasteiger partial charge in [0.25, 0.3) is 0 Å². The van der Waals surface area contributed by atoms with Crippen LogP contribution >= 0.6 is 15.9 Å². The van der Waals surface area contributed by atoms with Crippen molar-refractivity contribution in [2.45, 2.75) is 39.8 Å². The van der Waals surface area contributed by atoms with Crippen molar-refractivity contribution in [3.8, 4) is 0 Å². The van der Waals surface area contributed by atoms with Crippen LogP contribution in [0.1, 0.15) is 43.1 Å². The van der Waals surface area contributed by atoms with Crippen LogP contribution in [-0.4, -0.2) is 16.3 Å². The third-order valence-corrected chi connectivity index (χ3v) is 4.06. The van der Waals surface area contributed by atoms with Crippen LogP contribution in [0.5, 0.6) is 0 Å². The average molecular weight is 336 g/mol. The van der Waals surface area contributed by atoms with Gasteiger partial charge in [-0.25, -0.2) is 0 Å². The van der Waals surface area contributed by atoms with E-state index in [-0.39, 0.29) is 6.04 Å². The summed E-state index contributed by atoms with van der Waals surface area (Å²) in [4.78, 5) is 0. The van der Waals surface area contributed by atoms with Crippen LogP contribution < -0.4 is 5.32 Å². The van der Waals surface area contributed by atoms with Crippen LogP contribution in [0.4, 0.5) is 0 Å². The molecule has 0 spiro atoms. The SMILES string of the molecule is CCCn1ncc(Br)c1C(NCC)c1ccccc1C. The molecule has 4 heteroatoms. The van der Waals surface area contributed by atoms with E-state index in [1.54, 1.807) is 0 Å². The fourth-order valence-electron chi connectivity index (χ4n) is 2.52. The zero-order valence-electron chi connectivity index (χ0n) is 12.4. The highest BCUT2D eigenvalue weighted by molar-refractivity contribution is 9.10. The van der Waals surface area contributed by atoms with E-state index in [1.807, 2.05) is 6.20 Å². The third kappa shape index (κ3) is 3.13. The van der Waals surface area contributed by atoms with Gasteiger partial charge in [-0.15, -0.1) is 0 Å². The molecule has 1 N–H and O–H groups in total. The minimum Gasteiger partial charge on any atom is -0.305 e. The first-order chi connectivity index (χ1) is 9.69. The number of aromatic nitrogens is 2. The Morgan fingerprint density at radius 3 is 2.70 bits per heavy atom. The van der Waals surface area contributed by atoms with E-state index < -0.39 is 0 Å². The Labute approximate surface area is 129 Å². The van der Waals surface area contributed by atoms with E-state index in [2.05, 4.69) is 76.1 Å². The Morgan fingerprint density at radius 1 is 1.30 bits per heavy atom. The van der Waals surface area contributed by atoms with Crippen molar-refractivity contribution >= 4 is 15.9 Å². The van der Waals surface area contributed by atoms with Gasteiger partial charge in [0, 0.05) is 6.54 Å². The summed E-state index contributed by atoms with van der Waals surface area (Å²) in [6.45, 7) is 8.33. The minimum absolute atomic E-state index is 0.171.